The standard InChI is InChI=1S/C47H36Cl2F4N8O5S2/c48-38-36(23-1-3-29(50)42-34(23)27(17-54)44(56)67-42)31(52)15-25-40(38)65-13-6-21-19-58(9-11-60(21)46(25)63)8-5-33(62)59-10-12-61-22(20-59)7-14-66-41-26(47(61)64)16-32(53)37(39(41)49)24-2-4-30(51)43-35(24)28(18-55)45(57)68-43/h1-4,15-16,21-22H,5-14,19-20,56-57H2/t21?,22-/m0/s1. The topological polar surface area (TPSA) is 182 Å². The zero-order valence-electron chi connectivity index (χ0n) is 35.6. The van der Waals surface area contributed by atoms with Gasteiger partial charge in [-0.25, -0.2) is 17.6 Å². The molecule has 21 heteroatoms. The van der Waals surface area contributed by atoms with Crippen molar-refractivity contribution in [1.29, 1.82) is 10.5 Å². The SMILES string of the molecule is N#Cc1c(N)sc2c(F)ccc(-c3c(F)cc4c(c3Cl)OCCC3CN(CCC(=O)N5CCN6C(=O)c7cc(F)c(-c8ccc(F)c9sc(N)c(C#N)c89)c(Cl)c7OCC[C@H]6C5)CCN3C4=O)c12. The molecule has 3 amide bonds. The summed E-state index contributed by atoms with van der Waals surface area (Å²) in [6.07, 6.45) is 0.896. The van der Waals surface area contributed by atoms with E-state index >= 15 is 8.78 Å². The number of carbonyl (C=O) groups excluding carboxylic acids is 3. The van der Waals surface area contributed by atoms with Crippen molar-refractivity contribution < 1.29 is 41.4 Å². The summed E-state index contributed by atoms with van der Waals surface area (Å²) in [6.45, 7) is 2.33. The van der Waals surface area contributed by atoms with Gasteiger partial charge in [0.05, 0.1) is 61.0 Å². The summed E-state index contributed by atoms with van der Waals surface area (Å²) in [5, 5.41) is 19.6. The number of thiophene rings is 2. The second-order valence-electron chi connectivity index (χ2n) is 16.8. The van der Waals surface area contributed by atoms with Crippen LogP contribution in [0.1, 0.15) is 51.1 Å². The maximum atomic E-state index is 16.2. The third-order valence-electron chi connectivity index (χ3n) is 13.2. The van der Waals surface area contributed by atoms with Gasteiger partial charge in [0.1, 0.15) is 45.4 Å². The van der Waals surface area contributed by atoms with Crippen LogP contribution in [0.15, 0.2) is 36.4 Å². The second-order valence-corrected chi connectivity index (χ2v) is 19.7. The number of nitrogens with two attached hydrogens (primary N) is 2. The molecule has 2 atom stereocenters. The lowest BCUT2D eigenvalue weighted by Gasteiger charge is -2.44. The number of rotatable bonds is 5. The molecule has 10 rings (SSSR count). The highest BCUT2D eigenvalue weighted by Gasteiger charge is 2.39. The smallest absolute Gasteiger partial charge is 0.258 e. The van der Waals surface area contributed by atoms with Gasteiger partial charge in [-0.05, 0) is 35.4 Å². The molecular weight excluding hydrogens is 968 g/mol. The van der Waals surface area contributed by atoms with E-state index in [0.29, 0.717) is 32.5 Å². The molecule has 0 radical (unpaired) electrons. The Labute approximate surface area is 403 Å². The van der Waals surface area contributed by atoms with Crippen molar-refractivity contribution in [3.8, 4) is 45.9 Å². The number of hydrogen-bond acceptors (Lipinski definition) is 12. The van der Waals surface area contributed by atoms with Gasteiger partial charge in [-0.1, -0.05) is 35.3 Å². The minimum atomic E-state index is -0.876. The Bertz CT molecular complexity index is 3260. The van der Waals surface area contributed by atoms with Crippen molar-refractivity contribution in [2.24, 2.45) is 0 Å². The van der Waals surface area contributed by atoms with Crippen molar-refractivity contribution in [3.63, 3.8) is 0 Å². The Hall–Kier alpha value is -6.35. The Morgan fingerprint density at radius 1 is 0.691 bits per heavy atom. The number of carbonyl (C=O) groups is 3. The number of fused-ring (bicyclic) bond motifs is 6. The molecule has 13 nitrogen and oxygen atoms in total. The predicted molar refractivity (Wildman–Crippen MR) is 250 cm³/mol. The van der Waals surface area contributed by atoms with E-state index in [1.165, 1.54) is 12.1 Å². The monoisotopic (exact) mass is 1000 g/mol. The molecule has 4 aliphatic rings. The van der Waals surface area contributed by atoms with Gasteiger partial charge in [-0.2, -0.15) is 10.5 Å². The maximum Gasteiger partial charge on any atom is 0.258 e. The summed E-state index contributed by atoms with van der Waals surface area (Å²) in [5.74, 6) is -4.19. The van der Waals surface area contributed by atoms with Crippen LogP contribution in [-0.4, -0.2) is 108 Å². The van der Waals surface area contributed by atoms with E-state index in [1.54, 1.807) is 14.7 Å². The molecule has 68 heavy (non-hydrogen) atoms. The van der Waals surface area contributed by atoms with Crippen LogP contribution < -0.4 is 20.9 Å². The highest BCUT2D eigenvalue weighted by atomic mass is 35.5. The number of piperazine rings is 2. The van der Waals surface area contributed by atoms with Gasteiger partial charge < -0.3 is 35.6 Å². The fourth-order valence-corrected chi connectivity index (χ4v) is 12.5. The molecule has 2 saturated heterocycles. The maximum absolute atomic E-state index is 16.2. The number of hydrogen-bond donors (Lipinski definition) is 2. The molecule has 4 N–H and O–H groups in total. The quantitative estimate of drug-likeness (QED) is 0.159. The van der Waals surface area contributed by atoms with Gasteiger partial charge in [0, 0.05) is 93.0 Å². The van der Waals surface area contributed by atoms with E-state index in [0.717, 1.165) is 46.9 Å². The van der Waals surface area contributed by atoms with Crippen molar-refractivity contribution in [3.05, 3.63) is 92.0 Å². The second kappa shape index (κ2) is 17.6. The van der Waals surface area contributed by atoms with Gasteiger partial charge in [-0.15, -0.1) is 22.7 Å². The summed E-state index contributed by atoms with van der Waals surface area (Å²) in [7, 11) is 0. The number of halogens is 6. The van der Waals surface area contributed by atoms with E-state index in [9.17, 15) is 33.7 Å². The number of anilines is 2. The first-order valence-electron chi connectivity index (χ1n) is 21.4. The van der Waals surface area contributed by atoms with E-state index in [1.807, 2.05) is 12.1 Å². The van der Waals surface area contributed by atoms with Gasteiger partial charge >= 0.3 is 0 Å². The third kappa shape index (κ3) is 7.39. The number of ether oxygens (including phenoxy) is 2. The third-order valence-corrected chi connectivity index (χ3v) is 15.9. The lowest BCUT2D eigenvalue weighted by atomic mass is 9.95. The molecule has 4 aliphatic heterocycles. The minimum Gasteiger partial charge on any atom is -0.491 e. The van der Waals surface area contributed by atoms with E-state index in [2.05, 4.69) is 4.90 Å². The van der Waals surface area contributed by atoms with Crippen LogP contribution in [0.5, 0.6) is 11.5 Å². The zero-order valence-corrected chi connectivity index (χ0v) is 38.7. The molecule has 348 valence electrons. The molecule has 2 fully saturated rings. The van der Waals surface area contributed by atoms with Gasteiger partial charge in [0.25, 0.3) is 11.8 Å². The van der Waals surface area contributed by atoms with E-state index in [-0.39, 0.29) is 154 Å². The van der Waals surface area contributed by atoms with Crippen LogP contribution in [0.25, 0.3) is 42.4 Å². The summed E-state index contributed by atoms with van der Waals surface area (Å²) >= 11 is 15.4. The van der Waals surface area contributed by atoms with Crippen LogP contribution in [0, 0.1) is 45.9 Å². The summed E-state index contributed by atoms with van der Waals surface area (Å²) in [6, 6.07) is 10.2. The highest BCUT2D eigenvalue weighted by molar-refractivity contribution is 7.23. The molecular formula is C47H36Cl2F4N8O5S2. The average Bonchev–Trinajstić information content (AvgIpc) is 3.85. The van der Waals surface area contributed by atoms with Crippen molar-refractivity contribution in [2.45, 2.75) is 31.3 Å². The van der Waals surface area contributed by atoms with Crippen LogP contribution >= 0.6 is 45.9 Å². The van der Waals surface area contributed by atoms with Crippen molar-refractivity contribution >= 4 is 93.8 Å². The largest absolute Gasteiger partial charge is 0.491 e. The molecule has 4 aromatic carbocycles. The van der Waals surface area contributed by atoms with Crippen molar-refractivity contribution in [2.75, 3.05) is 70.5 Å². The molecule has 0 aliphatic carbocycles. The summed E-state index contributed by atoms with van der Waals surface area (Å²) in [4.78, 5) is 49.0. The lowest BCUT2D eigenvalue weighted by molar-refractivity contribution is -0.134. The fourth-order valence-electron chi connectivity index (χ4n) is 9.86. The molecule has 6 aromatic rings. The Kier molecular flexibility index (Phi) is 11.8. The van der Waals surface area contributed by atoms with Gasteiger partial charge in [-0.3, -0.25) is 19.3 Å². The Morgan fingerprint density at radius 3 is 1.65 bits per heavy atom. The number of nitriles is 2. The molecule has 1 unspecified atom stereocenters. The summed E-state index contributed by atoms with van der Waals surface area (Å²) in [5.41, 5.74) is 11.8. The number of amides is 3. The van der Waals surface area contributed by atoms with Gasteiger partial charge in [0.15, 0.2) is 11.5 Å². The van der Waals surface area contributed by atoms with Crippen molar-refractivity contribution in [1.82, 2.24) is 19.6 Å². The van der Waals surface area contributed by atoms with Crippen LogP contribution in [0.4, 0.5) is 27.6 Å². The number of nitrogen functional groups attached to an aromatic ring is 2. The van der Waals surface area contributed by atoms with Gasteiger partial charge in [0.2, 0.25) is 5.91 Å². The van der Waals surface area contributed by atoms with Crippen LogP contribution in [0.2, 0.25) is 10.0 Å². The first kappa shape index (κ1) is 45.4. The van der Waals surface area contributed by atoms with Crippen LogP contribution in [0.3, 0.4) is 0 Å². The number of benzene rings is 4. The lowest BCUT2D eigenvalue weighted by Crippen LogP contribution is -2.58. The summed E-state index contributed by atoms with van der Waals surface area (Å²) < 4.78 is 74.3. The van der Waals surface area contributed by atoms with E-state index in [4.69, 9.17) is 44.1 Å². The molecule has 0 spiro atoms. The molecule has 6 heterocycles. The minimum absolute atomic E-state index is 0.00629. The molecule has 0 bridgehead atoms. The predicted octanol–water partition coefficient (Wildman–Crippen LogP) is 8.66. The number of nitrogens with zero attached hydrogens (tertiary/aromatic N) is 6. The molecule has 2 aromatic heterocycles. The average molecular weight is 1000 g/mol. The highest BCUT2D eigenvalue weighted by Crippen LogP contribution is 2.49. The normalized spacial score (nSPS) is 18.6. The van der Waals surface area contributed by atoms with Crippen LogP contribution in [-0.2, 0) is 4.79 Å². The zero-order chi connectivity index (χ0) is 47.9. The Morgan fingerprint density at radius 2 is 1.16 bits per heavy atom. The molecule has 0 saturated carbocycles. The fraction of sp³-hybridized carbons (Fsp3) is 0.298. The van der Waals surface area contributed by atoms with E-state index < -0.39 is 41.1 Å². The Balaban J connectivity index is 0.799. The first-order valence-corrected chi connectivity index (χ1v) is 23.8. The first-order chi connectivity index (χ1) is 32.7.